The van der Waals surface area contributed by atoms with Crippen molar-refractivity contribution in [2.75, 3.05) is 39.4 Å². The van der Waals surface area contributed by atoms with Crippen LogP contribution in [0.3, 0.4) is 0 Å². The number of nitrogens with one attached hydrogen (secondary N) is 1. The maximum absolute atomic E-state index is 13.1. The molecular weight excluding hydrogens is 352 g/mol. The topological polar surface area (TPSA) is 67.9 Å². The van der Waals surface area contributed by atoms with Crippen LogP contribution >= 0.6 is 11.8 Å². The molecule has 26 heavy (non-hydrogen) atoms. The first kappa shape index (κ1) is 22.3. The Morgan fingerprint density at radius 1 is 1.31 bits per heavy atom. The van der Waals surface area contributed by atoms with Crippen LogP contribution in [0.25, 0.3) is 0 Å². The van der Waals surface area contributed by atoms with E-state index in [1.54, 1.807) is 30.9 Å². The lowest BCUT2D eigenvalue weighted by Gasteiger charge is -2.28. The predicted molar refractivity (Wildman–Crippen MR) is 106 cm³/mol. The van der Waals surface area contributed by atoms with Gasteiger partial charge in [0, 0.05) is 33.7 Å². The number of carbonyl (C=O) groups excluding carboxylic acids is 2. The number of benzene rings is 1. The van der Waals surface area contributed by atoms with Crippen LogP contribution in [0, 0.1) is 0 Å². The number of ether oxygens (including phenoxy) is 2. The second-order valence-electron chi connectivity index (χ2n) is 5.99. The van der Waals surface area contributed by atoms with Crippen molar-refractivity contribution < 1.29 is 19.1 Å². The number of hydrogen-bond acceptors (Lipinski definition) is 5. The molecule has 0 saturated heterocycles. The smallest absolute Gasteiger partial charge is 0.245 e. The molecule has 0 aliphatic heterocycles. The molecule has 0 saturated carbocycles. The summed E-state index contributed by atoms with van der Waals surface area (Å²) >= 11 is 1.66. The van der Waals surface area contributed by atoms with Gasteiger partial charge in [0.25, 0.3) is 0 Å². The van der Waals surface area contributed by atoms with Crippen LogP contribution in [0.15, 0.2) is 24.3 Å². The van der Waals surface area contributed by atoms with Crippen molar-refractivity contribution in [3.05, 3.63) is 29.8 Å². The zero-order valence-corrected chi connectivity index (χ0v) is 16.9. The van der Waals surface area contributed by atoms with Crippen molar-refractivity contribution in [2.45, 2.75) is 32.4 Å². The van der Waals surface area contributed by atoms with E-state index < -0.39 is 6.04 Å². The molecule has 0 heterocycles. The van der Waals surface area contributed by atoms with Crippen molar-refractivity contribution >= 4 is 23.6 Å². The molecule has 0 aliphatic carbocycles. The monoisotopic (exact) mass is 382 g/mol. The number of thioether (sulfide) groups is 1. The van der Waals surface area contributed by atoms with Crippen LogP contribution in [0.5, 0.6) is 5.75 Å². The highest BCUT2D eigenvalue weighted by molar-refractivity contribution is 7.98. The first-order valence-corrected chi connectivity index (χ1v) is 10.1. The Bertz CT molecular complexity index is 568. The van der Waals surface area contributed by atoms with E-state index in [0.29, 0.717) is 26.1 Å². The minimum Gasteiger partial charge on any atom is -0.497 e. The molecule has 0 spiro atoms. The summed E-state index contributed by atoms with van der Waals surface area (Å²) in [6.07, 6.45) is 3.34. The molecule has 1 atom stereocenters. The van der Waals surface area contributed by atoms with E-state index in [4.69, 9.17) is 9.47 Å². The van der Waals surface area contributed by atoms with Crippen molar-refractivity contribution in [3.63, 3.8) is 0 Å². The lowest BCUT2D eigenvalue weighted by Crippen LogP contribution is -2.48. The molecule has 0 bridgehead atoms. The number of rotatable bonds is 12. The molecule has 0 aromatic heterocycles. The van der Waals surface area contributed by atoms with Crippen molar-refractivity contribution in [1.82, 2.24) is 10.2 Å². The van der Waals surface area contributed by atoms with E-state index in [2.05, 4.69) is 5.32 Å². The third-order valence-electron chi connectivity index (χ3n) is 3.88. The van der Waals surface area contributed by atoms with E-state index in [-0.39, 0.29) is 11.8 Å². The Morgan fingerprint density at radius 3 is 2.69 bits per heavy atom. The molecule has 146 valence electrons. The van der Waals surface area contributed by atoms with Gasteiger partial charge >= 0.3 is 0 Å². The lowest BCUT2D eigenvalue weighted by molar-refractivity contribution is -0.136. The minimum absolute atomic E-state index is 0.0619. The Labute approximate surface area is 160 Å². The zero-order valence-electron chi connectivity index (χ0n) is 16.1. The summed E-state index contributed by atoms with van der Waals surface area (Å²) in [5, 5.41) is 2.79. The first-order valence-electron chi connectivity index (χ1n) is 8.68. The third kappa shape index (κ3) is 8.10. The molecule has 2 amide bonds. The maximum Gasteiger partial charge on any atom is 0.245 e. The van der Waals surface area contributed by atoms with Gasteiger partial charge in [0.2, 0.25) is 11.8 Å². The van der Waals surface area contributed by atoms with Gasteiger partial charge in [-0.2, -0.15) is 11.8 Å². The fraction of sp³-hybridized carbons (Fsp3) is 0.579. The number of nitrogens with zero attached hydrogens (tertiary/aromatic N) is 1. The van der Waals surface area contributed by atoms with Crippen LogP contribution in [0.1, 0.15) is 25.3 Å². The first-order chi connectivity index (χ1) is 12.5. The highest BCUT2D eigenvalue weighted by Gasteiger charge is 2.25. The van der Waals surface area contributed by atoms with Crippen molar-refractivity contribution in [3.8, 4) is 5.75 Å². The van der Waals surface area contributed by atoms with Gasteiger partial charge in [-0.15, -0.1) is 0 Å². The molecule has 1 aromatic carbocycles. The highest BCUT2D eigenvalue weighted by atomic mass is 32.2. The molecule has 1 aromatic rings. The highest BCUT2D eigenvalue weighted by Crippen LogP contribution is 2.16. The minimum atomic E-state index is -0.506. The van der Waals surface area contributed by atoms with Crippen molar-refractivity contribution in [2.24, 2.45) is 0 Å². The van der Waals surface area contributed by atoms with Gasteiger partial charge in [0.1, 0.15) is 11.8 Å². The van der Waals surface area contributed by atoms with Gasteiger partial charge in [0.05, 0.1) is 7.11 Å². The zero-order chi connectivity index (χ0) is 19.4. The van der Waals surface area contributed by atoms with E-state index in [0.717, 1.165) is 23.5 Å². The number of methoxy groups -OCH3 is 2. The Kier molecular flexibility index (Phi) is 10.8. The van der Waals surface area contributed by atoms with Gasteiger partial charge in [-0.3, -0.25) is 9.59 Å². The number of amides is 2. The van der Waals surface area contributed by atoms with Gasteiger partial charge in [-0.25, -0.2) is 0 Å². The Morgan fingerprint density at radius 2 is 2.08 bits per heavy atom. The van der Waals surface area contributed by atoms with Crippen LogP contribution in [0.4, 0.5) is 0 Å². The fourth-order valence-corrected chi connectivity index (χ4v) is 3.09. The molecule has 6 nitrogen and oxygen atoms in total. The SMILES string of the molecule is COCCCN(Cc1cccc(OC)c1)C(=O)[C@H](CCSC)NC(C)=O. The van der Waals surface area contributed by atoms with Crippen LogP contribution in [-0.4, -0.2) is 62.1 Å². The summed E-state index contributed by atoms with van der Waals surface area (Å²) in [5.74, 6) is 1.31. The van der Waals surface area contributed by atoms with Gasteiger partial charge in [0.15, 0.2) is 0 Å². The number of hydrogen-bond donors (Lipinski definition) is 1. The van der Waals surface area contributed by atoms with E-state index >= 15 is 0 Å². The molecule has 7 heteroatoms. The maximum atomic E-state index is 13.1. The summed E-state index contributed by atoms with van der Waals surface area (Å²) in [5.41, 5.74) is 0.988. The Hall–Kier alpha value is -1.73. The molecule has 0 unspecified atom stereocenters. The third-order valence-corrected chi connectivity index (χ3v) is 4.53. The molecular formula is C19H30N2O4S. The van der Waals surface area contributed by atoms with Gasteiger partial charge in [-0.1, -0.05) is 12.1 Å². The fourth-order valence-electron chi connectivity index (χ4n) is 2.62. The summed E-state index contributed by atoms with van der Waals surface area (Å²) < 4.78 is 10.4. The molecule has 1 N–H and O–H groups in total. The number of carbonyl (C=O) groups is 2. The lowest BCUT2D eigenvalue weighted by atomic mass is 10.1. The second kappa shape index (κ2) is 12.6. The standard InChI is InChI=1S/C19H30N2O4S/c1-15(22)20-18(9-12-26-4)19(23)21(10-6-11-24-2)14-16-7-5-8-17(13-16)25-3/h5,7-8,13,18H,6,9-12,14H2,1-4H3,(H,20,22)/t18-/m0/s1. The molecule has 0 radical (unpaired) electrons. The van der Waals surface area contributed by atoms with E-state index in [1.165, 1.54) is 6.92 Å². The normalized spacial score (nSPS) is 11.7. The largest absolute Gasteiger partial charge is 0.497 e. The van der Waals surface area contributed by atoms with E-state index in [1.807, 2.05) is 30.5 Å². The molecule has 0 aliphatic rings. The molecule has 1 rings (SSSR count). The van der Waals surface area contributed by atoms with Crippen LogP contribution in [0.2, 0.25) is 0 Å². The average Bonchev–Trinajstić information content (AvgIpc) is 2.63. The summed E-state index contributed by atoms with van der Waals surface area (Å²) in [6, 6.07) is 7.16. The molecule has 0 fully saturated rings. The summed E-state index contributed by atoms with van der Waals surface area (Å²) in [4.78, 5) is 26.4. The summed E-state index contributed by atoms with van der Waals surface area (Å²) in [7, 11) is 3.27. The average molecular weight is 383 g/mol. The van der Waals surface area contributed by atoms with Crippen molar-refractivity contribution in [1.29, 1.82) is 0 Å². The van der Waals surface area contributed by atoms with Crippen LogP contribution in [-0.2, 0) is 20.9 Å². The second-order valence-corrected chi connectivity index (χ2v) is 6.98. The van der Waals surface area contributed by atoms with E-state index in [9.17, 15) is 9.59 Å². The predicted octanol–water partition coefficient (Wildman–Crippen LogP) is 2.32. The Balaban J connectivity index is 2.92. The van der Waals surface area contributed by atoms with Gasteiger partial charge in [-0.05, 0) is 42.5 Å². The summed E-state index contributed by atoms with van der Waals surface area (Å²) in [6.45, 7) is 3.06. The van der Waals surface area contributed by atoms with Gasteiger partial charge < -0.3 is 19.7 Å². The van der Waals surface area contributed by atoms with Crippen LogP contribution < -0.4 is 10.1 Å². The quantitative estimate of drug-likeness (QED) is 0.562.